The number of carbonyl (C=O) groups excluding carboxylic acids is 1. The Morgan fingerprint density at radius 1 is 1.55 bits per heavy atom. The lowest BCUT2D eigenvalue weighted by Crippen LogP contribution is -2.17. The van der Waals surface area contributed by atoms with Gasteiger partial charge in [-0.1, -0.05) is 0 Å². The summed E-state index contributed by atoms with van der Waals surface area (Å²) in [6, 6.07) is 0. The normalized spacial score (nSPS) is 20.3. The molecule has 3 heterocycles. The molecular formula is C14H15N3O4S. The van der Waals surface area contributed by atoms with Crippen molar-refractivity contribution in [3.8, 4) is 0 Å². The Hall–Kier alpha value is -2.22. The van der Waals surface area contributed by atoms with Gasteiger partial charge in [0.2, 0.25) is 0 Å². The van der Waals surface area contributed by atoms with E-state index in [1.165, 1.54) is 30.5 Å². The number of imidazole rings is 1. The number of thioether (sulfide) groups is 1. The quantitative estimate of drug-likeness (QED) is 0.808. The van der Waals surface area contributed by atoms with Crippen LogP contribution in [0.4, 0.5) is 0 Å². The third-order valence-corrected chi connectivity index (χ3v) is 4.72. The van der Waals surface area contributed by atoms with E-state index in [-0.39, 0.29) is 5.70 Å². The summed E-state index contributed by atoms with van der Waals surface area (Å²) >= 11 is 1.23. The van der Waals surface area contributed by atoms with Crippen molar-refractivity contribution in [3.05, 3.63) is 40.6 Å². The molecule has 1 aromatic heterocycles. The minimum Gasteiger partial charge on any atom is -0.477 e. The molecule has 0 aromatic carbocycles. The monoisotopic (exact) mass is 321 g/mol. The number of esters is 1. The van der Waals surface area contributed by atoms with Gasteiger partial charge in [-0.25, -0.2) is 14.6 Å². The van der Waals surface area contributed by atoms with Gasteiger partial charge in [0.15, 0.2) is 0 Å². The number of rotatable bonds is 3. The lowest BCUT2D eigenvalue weighted by atomic mass is 10.1. The Kier molecular flexibility index (Phi) is 3.93. The largest absolute Gasteiger partial charge is 0.477 e. The highest BCUT2D eigenvalue weighted by molar-refractivity contribution is 8.02. The fourth-order valence-corrected chi connectivity index (χ4v) is 3.51. The Morgan fingerprint density at radius 2 is 2.36 bits per heavy atom. The van der Waals surface area contributed by atoms with Gasteiger partial charge in [0.25, 0.3) is 0 Å². The molecule has 1 unspecified atom stereocenters. The van der Waals surface area contributed by atoms with Crippen LogP contribution >= 0.6 is 11.8 Å². The molecule has 0 spiro atoms. The predicted molar refractivity (Wildman–Crippen MR) is 79.8 cm³/mol. The van der Waals surface area contributed by atoms with E-state index in [9.17, 15) is 9.59 Å². The second kappa shape index (κ2) is 5.88. The molecule has 0 radical (unpaired) electrons. The minimum atomic E-state index is -1.08. The molecule has 0 bridgehead atoms. The number of carbonyl (C=O) groups is 2. The van der Waals surface area contributed by atoms with E-state index in [1.54, 1.807) is 0 Å². The van der Waals surface area contributed by atoms with Crippen molar-refractivity contribution < 1.29 is 19.4 Å². The average molecular weight is 321 g/mol. The van der Waals surface area contributed by atoms with E-state index < -0.39 is 17.2 Å². The van der Waals surface area contributed by atoms with Crippen molar-refractivity contribution in [3.63, 3.8) is 0 Å². The first-order valence-electron chi connectivity index (χ1n) is 6.80. The number of carboxylic acids is 1. The maximum atomic E-state index is 12.0. The van der Waals surface area contributed by atoms with E-state index in [0.717, 1.165) is 30.9 Å². The second-order valence-corrected chi connectivity index (χ2v) is 5.95. The molecule has 2 aliphatic rings. The number of hydrogen-bond acceptors (Lipinski definition) is 6. The fourth-order valence-electron chi connectivity index (χ4n) is 2.50. The molecule has 8 heteroatoms. The maximum Gasteiger partial charge on any atom is 0.352 e. The van der Waals surface area contributed by atoms with E-state index in [1.807, 2.05) is 6.20 Å². The summed E-state index contributed by atoms with van der Waals surface area (Å²) < 4.78 is 6.88. The van der Waals surface area contributed by atoms with Crippen LogP contribution in [0.1, 0.15) is 23.2 Å². The van der Waals surface area contributed by atoms with Crippen LogP contribution in [0, 0.1) is 0 Å². The van der Waals surface area contributed by atoms with Crippen molar-refractivity contribution in [1.82, 2.24) is 14.9 Å². The first-order valence-corrected chi connectivity index (χ1v) is 7.74. The topological polar surface area (TPSA) is 93.5 Å². The lowest BCUT2D eigenvalue weighted by Gasteiger charge is -2.13. The number of carboxylic acid groups (broad SMARTS) is 1. The standard InChI is InChI=1S/C14H15N3O4S/c1-21-14(20)8-5-15-10(13(18)19)7-22-12(8)9-6-17-4-2-3-11(17)16-9/h5-7,12,15H,2-4H2,1H3,(H,18,19). The van der Waals surface area contributed by atoms with Crippen molar-refractivity contribution in [1.29, 1.82) is 0 Å². The van der Waals surface area contributed by atoms with Crippen LogP contribution in [0.5, 0.6) is 0 Å². The molecule has 2 N–H and O–H groups in total. The van der Waals surface area contributed by atoms with Gasteiger partial charge in [0.05, 0.1) is 23.6 Å². The number of aromatic nitrogens is 2. The van der Waals surface area contributed by atoms with Crippen LogP contribution in [0.25, 0.3) is 0 Å². The summed E-state index contributed by atoms with van der Waals surface area (Å²) in [5.41, 5.74) is 1.10. The van der Waals surface area contributed by atoms with Crippen LogP contribution < -0.4 is 5.32 Å². The van der Waals surface area contributed by atoms with Gasteiger partial charge in [-0.05, 0) is 6.42 Å². The molecule has 0 aliphatic carbocycles. The SMILES string of the molecule is COC(=O)C1=CNC(C(=O)O)=CSC1c1cn2c(n1)CCC2. The van der Waals surface area contributed by atoms with Crippen molar-refractivity contribution in [2.24, 2.45) is 0 Å². The van der Waals surface area contributed by atoms with E-state index in [0.29, 0.717) is 5.57 Å². The van der Waals surface area contributed by atoms with Crippen LogP contribution in [0.3, 0.4) is 0 Å². The Labute approximate surface area is 131 Å². The van der Waals surface area contributed by atoms with Gasteiger partial charge >= 0.3 is 11.9 Å². The number of nitrogens with one attached hydrogen (secondary N) is 1. The molecule has 116 valence electrons. The molecule has 22 heavy (non-hydrogen) atoms. The molecule has 2 aliphatic heterocycles. The van der Waals surface area contributed by atoms with E-state index in [2.05, 4.69) is 14.9 Å². The third kappa shape index (κ3) is 2.61. The number of aliphatic carboxylic acids is 1. The number of fused-ring (bicyclic) bond motifs is 1. The molecule has 0 saturated carbocycles. The molecule has 0 fully saturated rings. The zero-order chi connectivity index (χ0) is 15.7. The molecular weight excluding hydrogens is 306 g/mol. The lowest BCUT2D eigenvalue weighted by molar-refractivity contribution is -0.136. The van der Waals surface area contributed by atoms with Crippen LogP contribution in [-0.2, 0) is 27.3 Å². The van der Waals surface area contributed by atoms with Crippen LogP contribution in [-0.4, -0.2) is 33.7 Å². The first kappa shape index (κ1) is 14.7. The Morgan fingerprint density at radius 3 is 3.05 bits per heavy atom. The number of hydrogen-bond donors (Lipinski definition) is 2. The van der Waals surface area contributed by atoms with Gasteiger partial charge in [-0.3, -0.25) is 0 Å². The van der Waals surface area contributed by atoms with Crippen molar-refractivity contribution in [2.75, 3.05) is 7.11 Å². The second-order valence-electron chi connectivity index (χ2n) is 4.97. The summed E-state index contributed by atoms with van der Waals surface area (Å²) in [5, 5.41) is 12.8. The number of aryl methyl sites for hydroxylation is 2. The van der Waals surface area contributed by atoms with E-state index in [4.69, 9.17) is 9.84 Å². The molecule has 1 atom stereocenters. The van der Waals surface area contributed by atoms with Gasteiger partial charge < -0.3 is 19.7 Å². The molecule has 3 rings (SSSR count). The highest BCUT2D eigenvalue weighted by Gasteiger charge is 2.30. The summed E-state index contributed by atoms with van der Waals surface area (Å²) in [5.74, 6) is -0.585. The summed E-state index contributed by atoms with van der Waals surface area (Å²) in [6.45, 7) is 0.922. The number of methoxy groups -OCH3 is 1. The first-order chi connectivity index (χ1) is 10.6. The average Bonchev–Trinajstić information content (AvgIpc) is 3.01. The number of ether oxygens (including phenoxy) is 1. The molecule has 1 aromatic rings. The van der Waals surface area contributed by atoms with Gasteiger partial charge in [-0.15, -0.1) is 11.8 Å². The van der Waals surface area contributed by atoms with E-state index >= 15 is 0 Å². The van der Waals surface area contributed by atoms with Gasteiger partial charge in [0, 0.05) is 30.8 Å². The maximum absolute atomic E-state index is 12.0. The highest BCUT2D eigenvalue weighted by atomic mass is 32.2. The zero-order valence-electron chi connectivity index (χ0n) is 11.9. The summed E-state index contributed by atoms with van der Waals surface area (Å²) in [7, 11) is 1.30. The predicted octanol–water partition coefficient (Wildman–Crippen LogP) is 1.19. The van der Waals surface area contributed by atoms with Gasteiger partial charge in [0.1, 0.15) is 11.5 Å². The van der Waals surface area contributed by atoms with Crippen molar-refractivity contribution >= 4 is 23.7 Å². The minimum absolute atomic E-state index is 0.0145. The molecule has 0 saturated heterocycles. The molecule has 0 amide bonds. The zero-order valence-corrected chi connectivity index (χ0v) is 12.7. The summed E-state index contributed by atoms with van der Waals surface area (Å²) in [4.78, 5) is 27.7. The highest BCUT2D eigenvalue weighted by Crippen LogP contribution is 2.39. The Bertz CT molecular complexity index is 671. The number of nitrogens with zero attached hydrogens (tertiary/aromatic N) is 2. The molecule has 7 nitrogen and oxygen atoms in total. The third-order valence-electron chi connectivity index (χ3n) is 3.58. The fraction of sp³-hybridized carbons (Fsp3) is 0.357. The Balaban J connectivity index is 1.97. The van der Waals surface area contributed by atoms with Crippen molar-refractivity contribution in [2.45, 2.75) is 24.6 Å². The summed E-state index contributed by atoms with van der Waals surface area (Å²) in [6.07, 6.45) is 5.31. The van der Waals surface area contributed by atoms with Crippen LogP contribution in [0.15, 0.2) is 29.1 Å². The van der Waals surface area contributed by atoms with Gasteiger partial charge in [-0.2, -0.15) is 0 Å². The smallest absolute Gasteiger partial charge is 0.352 e. The van der Waals surface area contributed by atoms with Crippen LogP contribution in [0.2, 0.25) is 0 Å².